The molecule has 100 valence electrons. The molecule has 1 aliphatic carbocycles. The third-order valence-electron chi connectivity index (χ3n) is 4.93. The average molecular weight is 240 g/mol. The fraction of sp³-hybridized carbons (Fsp3) is 0.929. The van der Waals surface area contributed by atoms with E-state index in [1.54, 1.807) is 0 Å². The van der Waals surface area contributed by atoms with E-state index in [4.69, 9.17) is 5.73 Å². The topological polar surface area (TPSA) is 55.1 Å². The predicted molar refractivity (Wildman–Crippen MR) is 71.6 cm³/mol. The minimum Gasteiger partial charge on any atom is -0.356 e. The van der Waals surface area contributed by atoms with Crippen LogP contribution in [0.1, 0.15) is 53.4 Å². The highest BCUT2D eigenvalue weighted by Crippen LogP contribution is 2.67. The van der Waals surface area contributed by atoms with Gasteiger partial charge in [-0.25, -0.2) is 0 Å². The van der Waals surface area contributed by atoms with E-state index in [0.29, 0.717) is 23.2 Å². The van der Waals surface area contributed by atoms with E-state index in [9.17, 15) is 4.79 Å². The zero-order valence-electron chi connectivity index (χ0n) is 11.8. The highest BCUT2D eigenvalue weighted by atomic mass is 16.1. The Morgan fingerprint density at radius 1 is 1.12 bits per heavy atom. The molecule has 1 amide bonds. The molecule has 0 saturated heterocycles. The molecule has 1 aliphatic rings. The van der Waals surface area contributed by atoms with E-state index < -0.39 is 0 Å². The third kappa shape index (κ3) is 3.21. The van der Waals surface area contributed by atoms with E-state index >= 15 is 0 Å². The molecular formula is C14H28N2O. The minimum atomic E-state index is 0.195. The number of carbonyl (C=O) groups is 1. The molecule has 0 radical (unpaired) electrons. The zero-order valence-corrected chi connectivity index (χ0v) is 11.8. The van der Waals surface area contributed by atoms with Crippen molar-refractivity contribution in [3.8, 4) is 0 Å². The first-order valence-electron chi connectivity index (χ1n) is 6.81. The molecule has 1 saturated carbocycles. The van der Waals surface area contributed by atoms with Gasteiger partial charge in [0.1, 0.15) is 0 Å². The van der Waals surface area contributed by atoms with Crippen molar-refractivity contribution in [1.29, 1.82) is 0 Å². The fourth-order valence-electron chi connectivity index (χ4n) is 2.75. The molecule has 0 heterocycles. The van der Waals surface area contributed by atoms with Crippen LogP contribution in [-0.2, 0) is 4.79 Å². The van der Waals surface area contributed by atoms with Gasteiger partial charge in [-0.05, 0) is 36.1 Å². The van der Waals surface area contributed by atoms with Gasteiger partial charge in [0.15, 0.2) is 0 Å². The van der Waals surface area contributed by atoms with Gasteiger partial charge in [0.25, 0.3) is 0 Å². The summed E-state index contributed by atoms with van der Waals surface area (Å²) in [6.07, 6.45) is 3.69. The van der Waals surface area contributed by atoms with Crippen molar-refractivity contribution in [1.82, 2.24) is 5.32 Å². The Bertz CT molecular complexity index is 257. The molecule has 0 aromatic heterocycles. The lowest BCUT2D eigenvalue weighted by Crippen LogP contribution is -2.26. The van der Waals surface area contributed by atoms with E-state index in [2.05, 4.69) is 33.0 Å². The third-order valence-corrected chi connectivity index (χ3v) is 4.93. The van der Waals surface area contributed by atoms with Gasteiger partial charge in [-0.15, -0.1) is 0 Å². The largest absolute Gasteiger partial charge is 0.356 e. The van der Waals surface area contributed by atoms with Gasteiger partial charge in [-0.3, -0.25) is 4.79 Å². The lowest BCUT2D eigenvalue weighted by atomic mass is 10.0. The van der Waals surface area contributed by atoms with Crippen molar-refractivity contribution in [2.24, 2.45) is 22.5 Å². The quantitative estimate of drug-likeness (QED) is 0.671. The summed E-state index contributed by atoms with van der Waals surface area (Å²) in [5.41, 5.74) is 6.13. The van der Waals surface area contributed by atoms with Crippen LogP contribution in [0, 0.1) is 16.7 Å². The van der Waals surface area contributed by atoms with Crippen LogP contribution >= 0.6 is 0 Å². The Labute approximate surface area is 106 Å². The van der Waals surface area contributed by atoms with Crippen molar-refractivity contribution in [2.45, 2.75) is 53.4 Å². The first-order valence-corrected chi connectivity index (χ1v) is 6.81. The van der Waals surface area contributed by atoms with Crippen molar-refractivity contribution < 1.29 is 4.79 Å². The first-order chi connectivity index (χ1) is 7.84. The molecule has 0 aromatic rings. The lowest BCUT2D eigenvalue weighted by molar-refractivity contribution is -0.121. The molecule has 0 bridgehead atoms. The maximum Gasteiger partial charge on any atom is 0.220 e. The smallest absolute Gasteiger partial charge is 0.220 e. The van der Waals surface area contributed by atoms with E-state index in [-0.39, 0.29) is 5.91 Å². The van der Waals surface area contributed by atoms with Gasteiger partial charge in [0.2, 0.25) is 5.91 Å². The lowest BCUT2D eigenvalue weighted by Gasteiger charge is -2.06. The Kier molecular flexibility index (Phi) is 4.59. The molecule has 1 rings (SSSR count). The van der Waals surface area contributed by atoms with Gasteiger partial charge in [-0.2, -0.15) is 0 Å². The Balaban J connectivity index is 2.14. The second kappa shape index (κ2) is 5.38. The molecule has 3 nitrogen and oxygen atoms in total. The summed E-state index contributed by atoms with van der Waals surface area (Å²) in [6, 6.07) is 0. The second-order valence-electron chi connectivity index (χ2n) is 6.40. The molecule has 3 N–H and O–H groups in total. The number of carbonyl (C=O) groups excluding carboxylic acids is 1. The summed E-state index contributed by atoms with van der Waals surface area (Å²) in [7, 11) is 0. The van der Waals surface area contributed by atoms with Crippen LogP contribution < -0.4 is 11.1 Å². The van der Waals surface area contributed by atoms with Crippen LogP contribution in [-0.4, -0.2) is 19.0 Å². The first kappa shape index (κ1) is 14.5. The summed E-state index contributed by atoms with van der Waals surface area (Å²) < 4.78 is 0. The normalized spacial score (nSPS) is 21.2. The minimum absolute atomic E-state index is 0.195. The molecule has 0 aliphatic heterocycles. The van der Waals surface area contributed by atoms with E-state index in [0.717, 1.165) is 32.4 Å². The number of nitrogens with one attached hydrogen (secondary N) is 1. The van der Waals surface area contributed by atoms with Crippen LogP contribution in [0.2, 0.25) is 0 Å². The fourth-order valence-corrected chi connectivity index (χ4v) is 2.75. The SMILES string of the molecule is CC1(C)C(CNC(=O)CCCCCN)C1(C)C. The van der Waals surface area contributed by atoms with E-state index in [1.807, 2.05) is 0 Å². The molecule has 17 heavy (non-hydrogen) atoms. The number of rotatable bonds is 7. The Morgan fingerprint density at radius 2 is 1.71 bits per heavy atom. The molecule has 0 atom stereocenters. The molecule has 0 unspecified atom stereocenters. The average Bonchev–Trinajstić information content (AvgIpc) is 2.62. The van der Waals surface area contributed by atoms with Crippen LogP contribution in [0.15, 0.2) is 0 Å². The predicted octanol–water partition coefficient (Wildman–Crippen LogP) is 2.30. The summed E-state index contributed by atoms with van der Waals surface area (Å²) in [4.78, 5) is 11.6. The Hall–Kier alpha value is -0.570. The van der Waals surface area contributed by atoms with Crippen LogP contribution in [0.25, 0.3) is 0 Å². The number of amides is 1. The maximum absolute atomic E-state index is 11.6. The molecule has 0 aromatic carbocycles. The number of nitrogens with two attached hydrogens (primary N) is 1. The van der Waals surface area contributed by atoms with Crippen molar-refractivity contribution in [2.75, 3.05) is 13.1 Å². The molecule has 0 spiro atoms. The maximum atomic E-state index is 11.6. The Morgan fingerprint density at radius 3 is 2.18 bits per heavy atom. The van der Waals surface area contributed by atoms with Crippen molar-refractivity contribution >= 4 is 5.91 Å². The van der Waals surface area contributed by atoms with Crippen LogP contribution in [0.4, 0.5) is 0 Å². The standard InChI is InChI=1S/C14H28N2O/c1-13(2)11(14(13,3)4)10-16-12(17)8-6-5-7-9-15/h11H,5-10,15H2,1-4H3,(H,16,17). The molecule has 3 heteroatoms. The summed E-state index contributed by atoms with van der Waals surface area (Å²) in [5, 5.41) is 3.06. The summed E-state index contributed by atoms with van der Waals surface area (Å²) in [5.74, 6) is 0.809. The zero-order chi connectivity index (χ0) is 13.1. The molecular weight excluding hydrogens is 212 g/mol. The monoisotopic (exact) mass is 240 g/mol. The van der Waals surface area contributed by atoms with Crippen molar-refractivity contribution in [3.63, 3.8) is 0 Å². The van der Waals surface area contributed by atoms with Crippen molar-refractivity contribution in [3.05, 3.63) is 0 Å². The number of hydrogen-bond donors (Lipinski definition) is 2. The van der Waals surface area contributed by atoms with Gasteiger partial charge in [-0.1, -0.05) is 34.1 Å². The summed E-state index contributed by atoms with van der Waals surface area (Å²) >= 11 is 0. The van der Waals surface area contributed by atoms with Crippen LogP contribution in [0.5, 0.6) is 0 Å². The molecule has 1 fully saturated rings. The van der Waals surface area contributed by atoms with E-state index in [1.165, 1.54) is 0 Å². The second-order valence-corrected chi connectivity index (χ2v) is 6.40. The van der Waals surface area contributed by atoms with Gasteiger partial charge < -0.3 is 11.1 Å². The number of hydrogen-bond acceptors (Lipinski definition) is 2. The van der Waals surface area contributed by atoms with Gasteiger partial charge in [0.05, 0.1) is 0 Å². The summed E-state index contributed by atoms with van der Waals surface area (Å²) in [6.45, 7) is 10.7. The van der Waals surface area contributed by atoms with Crippen LogP contribution in [0.3, 0.4) is 0 Å². The van der Waals surface area contributed by atoms with Gasteiger partial charge in [0, 0.05) is 13.0 Å². The van der Waals surface area contributed by atoms with Gasteiger partial charge >= 0.3 is 0 Å². The highest BCUT2D eigenvalue weighted by Gasteiger charge is 2.64. The highest BCUT2D eigenvalue weighted by molar-refractivity contribution is 5.75. The number of unbranched alkanes of at least 4 members (excludes halogenated alkanes) is 2.